The molecule has 0 unspecified atom stereocenters. The van der Waals surface area contributed by atoms with Gasteiger partial charge in [-0.3, -0.25) is 0 Å². The highest BCUT2D eigenvalue weighted by Gasteiger charge is 1.96. The lowest BCUT2D eigenvalue weighted by Gasteiger charge is -2.06. The van der Waals surface area contributed by atoms with Crippen molar-refractivity contribution in [3.8, 4) is 11.5 Å². The number of aromatic hydroxyl groups is 1. The molecule has 0 fully saturated rings. The number of ether oxygens (including phenoxy) is 1. The predicted molar refractivity (Wildman–Crippen MR) is 72.0 cm³/mol. The third-order valence-corrected chi connectivity index (χ3v) is 2.78. The number of unbranched alkanes of at least 4 members (excludes halogenated alkanes) is 4. The van der Waals surface area contributed by atoms with Gasteiger partial charge in [0.15, 0.2) is 0 Å². The third kappa shape index (κ3) is 6.94. The summed E-state index contributed by atoms with van der Waals surface area (Å²) in [6.45, 7) is 2.35. The lowest BCUT2D eigenvalue weighted by Crippen LogP contribution is -1.97. The van der Waals surface area contributed by atoms with Crippen molar-refractivity contribution in [2.75, 3.05) is 6.61 Å². The van der Waals surface area contributed by atoms with Crippen LogP contribution in [0.4, 0.5) is 0 Å². The van der Waals surface area contributed by atoms with Gasteiger partial charge in [0.05, 0.1) is 6.61 Å². The van der Waals surface area contributed by atoms with Gasteiger partial charge in [0.25, 0.3) is 0 Å². The molecule has 0 aliphatic heterocycles. The van der Waals surface area contributed by atoms with E-state index in [0.29, 0.717) is 13.0 Å². The molecule has 0 bridgehead atoms. The number of hydrogen-bond acceptors (Lipinski definition) is 3. The molecule has 0 aromatic heterocycles. The quantitative estimate of drug-likeness (QED) is 0.680. The summed E-state index contributed by atoms with van der Waals surface area (Å²) in [6, 6.07) is 6.78. The van der Waals surface area contributed by atoms with Crippen LogP contribution >= 0.6 is 0 Å². The molecular formula is C15H22O3. The molecule has 0 spiro atoms. The van der Waals surface area contributed by atoms with Crippen LogP contribution in [0.25, 0.3) is 0 Å². The summed E-state index contributed by atoms with van der Waals surface area (Å²) in [5, 5.41) is 9.11. The molecule has 1 N–H and O–H groups in total. The number of rotatable bonds is 9. The van der Waals surface area contributed by atoms with Gasteiger partial charge in [-0.05, 0) is 44.0 Å². The van der Waals surface area contributed by atoms with Gasteiger partial charge in [0, 0.05) is 6.42 Å². The number of carbonyl (C=O) groups excluding carboxylic acids is 1. The maximum Gasteiger partial charge on any atom is 0.129 e. The van der Waals surface area contributed by atoms with E-state index in [-0.39, 0.29) is 11.5 Å². The molecule has 0 heterocycles. The lowest BCUT2D eigenvalue weighted by atomic mass is 10.1. The van der Waals surface area contributed by atoms with Crippen LogP contribution in [0.2, 0.25) is 0 Å². The normalized spacial score (nSPS) is 10.3. The lowest BCUT2D eigenvalue weighted by molar-refractivity contribution is -0.117. The van der Waals surface area contributed by atoms with Crippen molar-refractivity contribution in [3.63, 3.8) is 0 Å². The van der Waals surface area contributed by atoms with Gasteiger partial charge in [0.2, 0.25) is 0 Å². The van der Waals surface area contributed by atoms with E-state index in [2.05, 4.69) is 0 Å². The molecule has 0 atom stereocenters. The number of Topliss-reactive ketones (excluding diaryl/α,β-unsaturated/α-hetero) is 1. The average Bonchev–Trinajstić information content (AvgIpc) is 2.34. The predicted octanol–water partition coefficient (Wildman–Crippen LogP) is 3.70. The zero-order valence-corrected chi connectivity index (χ0v) is 11.0. The Hall–Kier alpha value is -1.51. The van der Waals surface area contributed by atoms with Crippen molar-refractivity contribution in [2.24, 2.45) is 0 Å². The van der Waals surface area contributed by atoms with Crippen LogP contribution < -0.4 is 4.74 Å². The maximum absolute atomic E-state index is 10.7. The first-order valence-electron chi connectivity index (χ1n) is 6.60. The Kier molecular flexibility index (Phi) is 6.92. The molecule has 0 saturated carbocycles. The number of phenols is 1. The molecule has 100 valence electrons. The fourth-order valence-electron chi connectivity index (χ4n) is 1.74. The van der Waals surface area contributed by atoms with Gasteiger partial charge in [-0.25, -0.2) is 0 Å². The minimum atomic E-state index is 0.257. The van der Waals surface area contributed by atoms with Crippen molar-refractivity contribution >= 4 is 5.78 Å². The smallest absolute Gasteiger partial charge is 0.129 e. The Morgan fingerprint density at radius 3 is 2.33 bits per heavy atom. The fraction of sp³-hybridized carbons (Fsp3) is 0.533. The molecule has 18 heavy (non-hydrogen) atoms. The average molecular weight is 250 g/mol. The molecule has 0 radical (unpaired) electrons. The number of hydrogen-bond donors (Lipinski definition) is 1. The number of phenolic OH excluding ortho intramolecular Hbond substituents is 1. The Labute approximate surface area is 109 Å². The zero-order valence-electron chi connectivity index (χ0n) is 11.0. The second-order valence-electron chi connectivity index (χ2n) is 4.56. The fourth-order valence-corrected chi connectivity index (χ4v) is 1.74. The van der Waals surface area contributed by atoms with Crippen LogP contribution in [0, 0.1) is 0 Å². The van der Waals surface area contributed by atoms with Crippen LogP contribution in [0.1, 0.15) is 45.4 Å². The van der Waals surface area contributed by atoms with Gasteiger partial charge >= 0.3 is 0 Å². The van der Waals surface area contributed by atoms with E-state index >= 15 is 0 Å². The molecule has 0 amide bonds. The highest BCUT2D eigenvalue weighted by molar-refractivity contribution is 5.75. The van der Waals surface area contributed by atoms with E-state index in [4.69, 9.17) is 9.84 Å². The van der Waals surface area contributed by atoms with Gasteiger partial charge in [-0.2, -0.15) is 0 Å². The summed E-state index contributed by atoms with van der Waals surface area (Å²) < 4.78 is 5.54. The standard InChI is InChI=1S/C15H22O3/c1-13(16)7-5-3-2-4-6-12-18-15-10-8-14(17)9-11-15/h8-11,17H,2-7,12H2,1H3. The third-order valence-electron chi connectivity index (χ3n) is 2.78. The van der Waals surface area contributed by atoms with E-state index in [0.717, 1.165) is 37.9 Å². The second kappa shape index (κ2) is 8.56. The van der Waals surface area contributed by atoms with Crippen LogP contribution in [-0.2, 0) is 4.79 Å². The van der Waals surface area contributed by atoms with Gasteiger partial charge < -0.3 is 14.6 Å². The second-order valence-corrected chi connectivity index (χ2v) is 4.56. The van der Waals surface area contributed by atoms with Crippen molar-refractivity contribution in [1.82, 2.24) is 0 Å². The molecule has 3 heteroatoms. The molecule has 0 aliphatic rings. The van der Waals surface area contributed by atoms with E-state index in [1.54, 1.807) is 31.2 Å². The molecule has 1 aromatic carbocycles. The highest BCUT2D eigenvalue weighted by Crippen LogP contribution is 2.16. The van der Waals surface area contributed by atoms with E-state index in [1.807, 2.05) is 0 Å². The molecule has 3 nitrogen and oxygen atoms in total. The summed E-state index contributed by atoms with van der Waals surface area (Å²) >= 11 is 0. The SMILES string of the molecule is CC(=O)CCCCCCCOc1ccc(O)cc1. The minimum Gasteiger partial charge on any atom is -0.508 e. The Bertz CT molecular complexity index is 343. The first-order chi connectivity index (χ1) is 8.68. The molecule has 1 aromatic rings. The van der Waals surface area contributed by atoms with Gasteiger partial charge in [0.1, 0.15) is 17.3 Å². The Balaban J connectivity index is 1.95. The number of benzene rings is 1. The van der Waals surface area contributed by atoms with Crippen LogP contribution in [0.5, 0.6) is 11.5 Å². The van der Waals surface area contributed by atoms with Crippen molar-refractivity contribution in [1.29, 1.82) is 0 Å². The first-order valence-corrected chi connectivity index (χ1v) is 6.60. The van der Waals surface area contributed by atoms with Crippen molar-refractivity contribution in [3.05, 3.63) is 24.3 Å². The minimum absolute atomic E-state index is 0.257. The van der Waals surface area contributed by atoms with Gasteiger partial charge in [-0.15, -0.1) is 0 Å². The van der Waals surface area contributed by atoms with E-state index < -0.39 is 0 Å². The Morgan fingerprint density at radius 1 is 1.06 bits per heavy atom. The monoisotopic (exact) mass is 250 g/mol. The molecule has 0 aliphatic carbocycles. The van der Waals surface area contributed by atoms with Gasteiger partial charge in [-0.1, -0.05) is 19.3 Å². The summed E-state index contributed by atoms with van der Waals surface area (Å²) in [5.41, 5.74) is 0. The van der Waals surface area contributed by atoms with E-state index in [1.165, 1.54) is 0 Å². The van der Waals surface area contributed by atoms with Crippen molar-refractivity contribution in [2.45, 2.75) is 45.4 Å². The first kappa shape index (κ1) is 14.6. The van der Waals surface area contributed by atoms with E-state index in [9.17, 15) is 4.79 Å². The topological polar surface area (TPSA) is 46.5 Å². The van der Waals surface area contributed by atoms with Crippen molar-refractivity contribution < 1.29 is 14.6 Å². The summed E-state index contributed by atoms with van der Waals surface area (Å²) in [5.74, 6) is 1.34. The number of carbonyl (C=O) groups is 1. The summed E-state index contributed by atoms with van der Waals surface area (Å²) in [4.78, 5) is 10.7. The highest BCUT2D eigenvalue weighted by atomic mass is 16.5. The van der Waals surface area contributed by atoms with Crippen LogP contribution in [-0.4, -0.2) is 17.5 Å². The summed E-state index contributed by atoms with van der Waals surface area (Å²) in [6.07, 6.45) is 6.17. The Morgan fingerprint density at radius 2 is 1.67 bits per heavy atom. The zero-order chi connectivity index (χ0) is 13.2. The molecule has 0 saturated heterocycles. The number of ketones is 1. The molecule has 1 rings (SSSR count). The maximum atomic E-state index is 10.7. The molecular weight excluding hydrogens is 228 g/mol. The largest absolute Gasteiger partial charge is 0.508 e. The van der Waals surface area contributed by atoms with Crippen LogP contribution in [0.15, 0.2) is 24.3 Å². The summed E-state index contributed by atoms with van der Waals surface area (Å²) in [7, 11) is 0. The van der Waals surface area contributed by atoms with Crippen LogP contribution in [0.3, 0.4) is 0 Å².